The summed E-state index contributed by atoms with van der Waals surface area (Å²) < 4.78 is 38.4. The molecule has 47 heavy (non-hydrogen) atoms. The first kappa shape index (κ1) is 32.1. The molecule has 0 aromatic rings. The Labute approximate surface area is 278 Å². The second-order valence-electron chi connectivity index (χ2n) is 18.9. The fourth-order valence-corrected chi connectivity index (χ4v) is 14.6. The summed E-state index contributed by atoms with van der Waals surface area (Å²) in [4.78, 5) is 12.9. The molecule has 5 saturated carbocycles. The van der Waals surface area contributed by atoms with E-state index in [2.05, 4.69) is 41.5 Å². The highest BCUT2D eigenvalue weighted by Crippen LogP contribution is 2.89. The molecule has 9 rings (SSSR count). The second-order valence-corrected chi connectivity index (χ2v) is 18.9. The largest absolute Gasteiger partial charge is 0.462 e. The van der Waals surface area contributed by atoms with Crippen molar-refractivity contribution in [1.82, 2.24) is 0 Å². The van der Waals surface area contributed by atoms with Gasteiger partial charge in [-0.15, -0.1) is 0 Å². The number of rotatable bonds is 3. The third-order valence-corrected chi connectivity index (χ3v) is 16.6. The van der Waals surface area contributed by atoms with Gasteiger partial charge >= 0.3 is 5.97 Å². The topological polar surface area (TPSA) is 136 Å². The number of carbonyl (C=O) groups is 1. The van der Waals surface area contributed by atoms with Gasteiger partial charge in [-0.25, -0.2) is 0 Å². The maximum absolute atomic E-state index is 12.9. The van der Waals surface area contributed by atoms with E-state index in [1.54, 1.807) is 6.92 Å². The molecule has 0 amide bonds. The van der Waals surface area contributed by atoms with E-state index in [0.717, 1.165) is 51.4 Å². The van der Waals surface area contributed by atoms with Crippen molar-refractivity contribution in [2.75, 3.05) is 13.2 Å². The zero-order chi connectivity index (χ0) is 33.3. The number of carbonyl (C=O) groups excluding carboxylic acids is 1. The quantitative estimate of drug-likeness (QED) is 0.234. The lowest BCUT2D eigenvalue weighted by molar-refractivity contribution is -0.309. The molecule has 0 aromatic heterocycles. The van der Waals surface area contributed by atoms with E-state index in [4.69, 9.17) is 28.4 Å². The van der Waals surface area contributed by atoms with Crippen LogP contribution in [0.5, 0.6) is 0 Å². The van der Waals surface area contributed by atoms with E-state index in [1.807, 2.05) is 0 Å². The Kier molecular flexibility index (Phi) is 6.50. The highest BCUT2D eigenvalue weighted by atomic mass is 16.8. The first-order chi connectivity index (χ1) is 22.0. The van der Waals surface area contributed by atoms with Gasteiger partial charge in [0.2, 0.25) is 0 Å². The number of ether oxygens (including phenoxy) is 6. The Morgan fingerprint density at radius 1 is 0.872 bits per heavy atom. The Bertz CT molecular complexity index is 1360. The smallest absolute Gasteiger partial charge is 0.302 e. The predicted molar refractivity (Wildman–Crippen MR) is 166 cm³/mol. The molecule has 9 fully saturated rings. The number of hydrogen-bond acceptors (Lipinski definition) is 10. The minimum Gasteiger partial charge on any atom is -0.462 e. The molecule has 3 N–H and O–H groups in total. The van der Waals surface area contributed by atoms with Crippen LogP contribution in [-0.2, 0) is 33.2 Å². The maximum Gasteiger partial charge on any atom is 0.302 e. The van der Waals surface area contributed by atoms with E-state index in [0.29, 0.717) is 24.4 Å². The van der Waals surface area contributed by atoms with Crippen LogP contribution in [0, 0.1) is 50.7 Å². The van der Waals surface area contributed by atoms with E-state index in [-0.39, 0.29) is 75.6 Å². The molecule has 1 unspecified atom stereocenters. The molecule has 4 heterocycles. The molecule has 0 aromatic carbocycles. The van der Waals surface area contributed by atoms with Gasteiger partial charge in [0.15, 0.2) is 12.1 Å². The Morgan fingerprint density at radius 2 is 1.62 bits per heavy atom. The van der Waals surface area contributed by atoms with Crippen LogP contribution in [-0.4, -0.2) is 94.9 Å². The lowest BCUT2D eigenvalue weighted by Gasteiger charge is -2.65. The van der Waals surface area contributed by atoms with E-state index in [9.17, 15) is 20.1 Å². The van der Waals surface area contributed by atoms with Gasteiger partial charge in [-0.2, -0.15) is 0 Å². The normalized spacial score (nSPS) is 62.8. The minimum absolute atomic E-state index is 0.00697. The van der Waals surface area contributed by atoms with Crippen molar-refractivity contribution in [3.63, 3.8) is 0 Å². The van der Waals surface area contributed by atoms with Crippen LogP contribution >= 0.6 is 0 Å². The Balaban J connectivity index is 1.03. The van der Waals surface area contributed by atoms with Crippen LogP contribution in [0.4, 0.5) is 0 Å². The summed E-state index contributed by atoms with van der Waals surface area (Å²) >= 11 is 0. The second kappa shape index (κ2) is 9.52. The van der Waals surface area contributed by atoms with Crippen LogP contribution < -0.4 is 0 Å². The van der Waals surface area contributed by atoms with Crippen LogP contribution in [0.25, 0.3) is 0 Å². The minimum atomic E-state index is -1.29. The summed E-state index contributed by atoms with van der Waals surface area (Å²) in [5.41, 5.74) is -0.492. The first-order valence-corrected chi connectivity index (χ1v) is 18.5. The SMILES string of the molecule is CC(=O)O[C@@H]1C[C@@]23C[C@@]24CC[C@H](O[C@@H]2OC[C@@H](O)[C@H](O)[C@H]2O)C(C)(C)C4CC[C@H]3[C@]2(C)C[C@@H]3O[C@@]4(C[C@@H](C)[C@@H]3[C@@]12C)OC[C@@]1(C)O[C@@H]41. The lowest BCUT2D eigenvalue weighted by atomic mass is 9.41. The average molecular weight is 661 g/mol. The van der Waals surface area contributed by atoms with Crippen molar-refractivity contribution in [2.45, 2.75) is 160 Å². The first-order valence-electron chi connectivity index (χ1n) is 18.5. The van der Waals surface area contributed by atoms with Gasteiger partial charge in [-0.05, 0) is 97.2 Å². The molecular weight excluding hydrogens is 604 g/mol. The number of epoxide rings is 1. The van der Waals surface area contributed by atoms with Crippen molar-refractivity contribution in [2.24, 2.45) is 50.7 Å². The maximum atomic E-state index is 12.9. The summed E-state index contributed by atoms with van der Waals surface area (Å²) in [7, 11) is 0. The van der Waals surface area contributed by atoms with E-state index >= 15 is 0 Å². The molecule has 3 spiro atoms. The molecule has 9 aliphatic rings. The summed E-state index contributed by atoms with van der Waals surface area (Å²) in [6.07, 6.45) is 2.89. The number of esters is 1. The van der Waals surface area contributed by atoms with Crippen molar-refractivity contribution in [1.29, 1.82) is 0 Å². The number of aliphatic hydroxyl groups is 3. The van der Waals surface area contributed by atoms with E-state index < -0.39 is 30.4 Å². The molecule has 10 nitrogen and oxygen atoms in total. The van der Waals surface area contributed by atoms with Crippen LogP contribution in [0.3, 0.4) is 0 Å². The summed E-state index contributed by atoms with van der Waals surface area (Å²) in [5, 5.41) is 31.0. The third kappa shape index (κ3) is 3.78. The monoisotopic (exact) mass is 660 g/mol. The van der Waals surface area contributed by atoms with Gasteiger partial charge in [0, 0.05) is 18.8 Å². The molecule has 4 saturated heterocycles. The number of fused-ring (bicyclic) bond motifs is 6. The molecule has 4 aliphatic heterocycles. The summed E-state index contributed by atoms with van der Waals surface area (Å²) in [5.74, 6) is 0.642. The summed E-state index contributed by atoms with van der Waals surface area (Å²) in [6.45, 7) is 16.1. The third-order valence-electron chi connectivity index (χ3n) is 16.6. The van der Waals surface area contributed by atoms with Crippen molar-refractivity contribution in [3.8, 4) is 0 Å². The van der Waals surface area contributed by atoms with Gasteiger partial charge in [-0.1, -0.05) is 34.6 Å². The number of aliphatic hydroxyl groups excluding tert-OH is 3. The highest BCUT2D eigenvalue weighted by molar-refractivity contribution is 5.66. The predicted octanol–water partition coefficient (Wildman–Crippen LogP) is 3.71. The molecule has 0 radical (unpaired) electrons. The van der Waals surface area contributed by atoms with Crippen molar-refractivity contribution < 1.29 is 48.5 Å². The zero-order valence-corrected chi connectivity index (χ0v) is 29.2. The van der Waals surface area contributed by atoms with Crippen molar-refractivity contribution >= 4 is 5.97 Å². The van der Waals surface area contributed by atoms with Gasteiger partial charge < -0.3 is 43.7 Å². The van der Waals surface area contributed by atoms with Crippen LogP contribution in [0.2, 0.25) is 0 Å². The summed E-state index contributed by atoms with van der Waals surface area (Å²) in [6, 6.07) is 0. The fraction of sp³-hybridized carbons (Fsp3) is 0.973. The van der Waals surface area contributed by atoms with Crippen LogP contribution in [0.15, 0.2) is 0 Å². The molecule has 264 valence electrons. The molecule has 18 atom stereocenters. The van der Waals surface area contributed by atoms with E-state index in [1.165, 1.54) is 0 Å². The number of hydrogen-bond donors (Lipinski definition) is 3. The van der Waals surface area contributed by atoms with Gasteiger partial charge in [0.1, 0.15) is 36.1 Å². The Morgan fingerprint density at radius 3 is 2.30 bits per heavy atom. The standard InChI is InChI=1S/C37H56O10/c1-18-12-37(30-33(6,47-30)17-43-37)46-21-13-32(5)23-9-8-22-31(3,4)24(45-29-28(41)27(40)20(39)15-42-29)10-11-35(22)16-36(23,35)14-25(44-19(2)38)34(32,7)26(18)21/h18,20-30,39-41H,8-17H2,1-7H3/t18-,20-,21+,22?,23+,24+,25-,26+,27+,28-,29+,30-,32+,33-,34-,35-,36+,37-/m1/s1. The lowest BCUT2D eigenvalue weighted by Crippen LogP contribution is -2.64. The van der Waals surface area contributed by atoms with Crippen molar-refractivity contribution in [3.05, 3.63) is 0 Å². The highest BCUT2D eigenvalue weighted by Gasteiger charge is 2.86. The molecule has 10 heteroatoms. The zero-order valence-electron chi connectivity index (χ0n) is 29.2. The van der Waals surface area contributed by atoms with Gasteiger partial charge in [0.25, 0.3) is 0 Å². The molecule has 0 bridgehead atoms. The average Bonchev–Trinajstić information content (AvgIpc) is 3.81. The van der Waals surface area contributed by atoms with Gasteiger partial charge in [-0.3, -0.25) is 4.79 Å². The molecular formula is C37H56O10. The fourth-order valence-electron chi connectivity index (χ4n) is 14.6. The Hall–Kier alpha value is -0.850. The van der Waals surface area contributed by atoms with Gasteiger partial charge in [0.05, 0.1) is 25.4 Å². The molecule has 5 aliphatic carbocycles. The van der Waals surface area contributed by atoms with Crippen LogP contribution in [0.1, 0.15) is 99.8 Å².